The highest BCUT2D eigenvalue weighted by Gasteiger charge is 2.34. The molecule has 0 aliphatic carbocycles. The topological polar surface area (TPSA) is 29.5 Å². The Bertz CT molecular complexity index is 418. The minimum Gasteiger partial charge on any atom is -0.461 e. The first-order valence-electron chi connectivity index (χ1n) is 6.14. The first-order valence-corrected chi connectivity index (χ1v) is 7.36. The molecule has 2 rings (SSSR count). The number of carbonyl (C=O) groups excluding carboxylic acids is 1. The summed E-state index contributed by atoms with van der Waals surface area (Å²) in [6, 6.07) is 8.37. The number of thioether (sulfide) groups is 1. The molecule has 0 bridgehead atoms. The normalized spacial score (nSPS) is 23.4. The number of hydrogen-bond donors (Lipinski definition) is 0. The molecule has 0 spiro atoms. The van der Waals surface area contributed by atoms with Crippen LogP contribution in [0.15, 0.2) is 29.2 Å². The Labute approximate surface area is 113 Å². The summed E-state index contributed by atoms with van der Waals surface area (Å²) in [6.45, 7) is 2.72. The van der Waals surface area contributed by atoms with E-state index in [1.807, 2.05) is 14.0 Å². The molecule has 1 fully saturated rings. The average Bonchev–Trinajstić information content (AvgIpc) is 2.69. The minimum atomic E-state index is -0.0970. The van der Waals surface area contributed by atoms with E-state index in [0.717, 1.165) is 13.0 Å². The Kier molecular flexibility index (Phi) is 4.30. The van der Waals surface area contributed by atoms with Crippen molar-refractivity contribution in [3.8, 4) is 0 Å². The zero-order valence-electron chi connectivity index (χ0n) is 11.1. The van der Waals surface area contributed by atoms with Crippen molar-refractivity contribution in [1.82, 2.24) is 4.90 Å². The fourth-order valence-electron chi connectivity index (χ4n) is 2.22. The maximum Gasteiger partial charge on any atom is 0.323 e. The predicted molar refractivity (Wildman–Crippen MR) is 73.6 cm³/mol. The van der Waals surface area contributed by atoms with Gasteiger partial charge in [-0.2, -0.15) is 0 Å². The van der Waals surface area contributed by atoms with Crippen LogP contribution in [0.5, 0.6) is 0 Å². The fraction of sp³-hybridized carbons (Fsp3) is 0.500. The van der Waals surface area contributed by atoms with Gasteiger partial charge in [0.1, 0.15) is 12.1 Å². The van der Waals surface area contributed by atoms with Crippen LogP contribution in [0.4, 0.5) is 0 Å². The fourth-order valence-corrected chi connectivity index (χ4v) is 2.63. The molecule has 0 radical (unpaired) electrons. The van der Waals surface area contributed by atoms with Gasteiger partial charge in [0.2, 0.25) is 0 Å². The van der Waals surface area contributed by atoms with Crippen molar-refractivity contribution >= 4 is 17.7 Å². The van der Waals surface area contributed by atoms with Crippen LogP contribution in [0.25, 0.3) is 0 Å². The van der Waals surface area contributed by atoms with E-state index >= 15 is 0 Å². The van der Waals surface area contributed by atoms with Gasteiger partial charge in [0, 0.05) is 17.9 Å². The number of likely N-dealkylation sites (N-methyl/N-ethyl adjacent to an activating group) is 1. The quantitative estimate of drug-likeness (QED) is 0.618. The molecule has 0 N–H and O–H groups in total. The van der Waals surface area contributed by atoms with Crippen LogP contribution in [0.3, 0.4) is 0 Å². The zero-order chi connectivity index (χ0) is 13.1. The largest absolute Gasteiger partial charge is 0.461 e. The molecule has 0 aromatic heterocycles. The molecular formula is C14H19NO2S. The molecule has 1 aliphatic rings. The molecule has 4 heteroatoms. The summed E-state index contributed by atoms with van der Waals surface area (Å²) >= 11 is 1.73. The number of esters is 1. The summed E-state index contributed by atoms with van der Waals surface area (Å²) in [4.78, 5) is 15.0. The van der Waals surface area contributed by atoms with E-state index in [4.69, 9.17) is 4.74 Å². The lowest BCUT2D eigenvalue weighted by molar-refractivity contribution is -0.144. The lowest BCUT2D eigenvalue weighted by Crippen LogP contribution is -2.34. The molecule has 1 aromatic rings. The first-order chi connectivity index (χ1) is 8.60. The summed E-state index contributed by atoms with van der Waals surface area (Å²) in [6.07, 6.45) is 2.90. The van der Waals surface area contributed by atoms with Crippen LogP contribution < -0.4 is 0 Å². The molecule has 1 heterocycles. The van der Waals surface area contributed by atoms with Crippen LogP contribution >= 0.6 is 11.8 Å². The molecule has 18 heavy (non-hydrogen) atoms. The van der Waals surface area contributed by atoms with Gasteiger partial charge in [-0.15, -0.1) is 11.8 Å². The number of benzene rings is 1. The van der Waals surface area contributed by atoms with Gasteiger partial charge in [-0.1, -0.05) is 12.1 Å². The number of nitrogens with zero attached hydrogens (tertiary/aromatic N) is 1. The Balaban J connectivity index is 1.98. The first kappa shape index (κ1) is 13.4. The number of hydrogen-bond acceptors (Lipinski definition) is 4. The third-order valence-corrected chi connectivity index (χ3v) is 4.01. The molecule has 1 aliphatic heterocycles. The van der Waals surface area contributed by atoms with Gasteiger partial charge in [-0.3, -0.25) is 9.69 Å². The minimum absolute atomic E-state index is 0.0452. The van der Waals surface area contributed by atoms with E-state index in [-0.39, 0.29) is 18.1 Å². The van der Waals surface area contributed by atoms with E-state index in [1.54, 1.807) is 11.8 Å². The summed E-state index contributed by atoms with van der Waals surface area (Å²) in [5.74, 6) is -0.0919. The van der Waals surface area contributed by atoms with Crippen LogP contribution in [0.1, 0.15) is 18.9 Å². The second-order valence-corrected chi connectivity index (χ2v) is 5.64. The van der Waals surface area contributed by atoms with Crippen molar-refractivity contribution in [2.75, 3.05) is 13.3 Å². The number of cyclic esters (lactones) is 1. The highest BCUT2D eigenvalue weighted by Crippen LogP contribution is 2.21. The highest BCUT2D eigenvalue weighted by atomic mass is 32.2. The van der Waals surface area contributed by atoms with Gasteiger partial charge >= 0.3 is 5.97 Å². The van der Waals surface area contributed by atoms with E-state index < -0.39 is 0 Å². The summed E-state index contributed by atoms with van der Waals surface area (Å²) in [5.41, 5.74) is 1.22. The van der Waals surface area contributed by atoms with Crippen molar-refractivity contribution in [1.29, 1.82) is 0 Å². The summed E-state index contributed by atoms with van der Waals surface area (Å²) in [5, 5.41) is 0. The molecule has 0 amide bonds. The lowest BCUT2D eigenvalue weighted by atomic mass is 10.1. The Morgan fingerprint density at radius 1 is 1.39 bits per heavy atom. The van der Waals surface area contributed by atoms with Crippen molar-refractivity contribution < 1.29 is 9.53 Å². The van der Waals surface area contributed by atoms with E-state index in [2.05, 4.69) is 35.4 Å². The van der Waals surface area contributed by atoms with Crippen LogP contribution in [-0.2, 0) is 16.1 Å². The van der Waals surface area contributed by atoms with Gasteiger partial charge < -0.3 is 4.74 Å². The maximum atomic E-state index is 11.6. The molecule has 1 aromatic carbocycles. The molecule has 2 atom stereocenters. The third kappa shape index (κ3) is 3.06. The summed E-state index contributed by atoms with van der Waals surface area (Å²) in [7, 11) is 1.98. The Hall–Kier alpha value is -1.00. The number of ether oxygens (including phenoxy) is 1. The van der Waals surface area contributed by atoms with Crippen molar-refractivity contribution in [2.45, 2.75) is 36.9 Å². The van der Waals surface area contributed by atoms with Crippen molar-refractivity contribution in [3.05, 3.63) is 29.8 Å². The number of rotatable bonds is 4. The Morgan fingerprint density at radius 3 is 2.56 bits per heavy atom. The predicted octanol–water partition coefficient (Wildman–Crippen LogP) is 2.54. The second kappa shape index (κ2) is 5.76. The monoisotopic (exact) mass is 265 g/mol. The number of carbonyl (C=O) groups is 1. The average molecular weight is 265 g/mol. The van der Waals surface area contributed by atoms with Gasteiger partial charge in [0.05, 0.1) is 0 Å². The molecule has 2 unspecified atom stereocenters. The molecule has 98 valence electrons. The Morgan fingerprint density at radius 2 is 2.06 bits per heavy atom. The molecule has 3 nitrogen and oxygen atoms in total. The lowest BCUT2D eigenvalue weighted by Gasteiger charge is -2.21. The van der Waals surface area contributed by atoms with E-state index in [9.17, 15) is 4.79 Å². The zero-order valence-corrected chi connectivity index (χ0v) is 11.9. The smallest absolute Gasteiger partial charge is 0.323 e. The molecule has 1 saturated heterocycles. The third-order valence-electron chi connectivity index (χ3n) is 3.27. The van der Waals surface area contributed by atoms with Crippen LogP contribution in [0, 0.1) is 0 Å². The van der Waals surface area contributed by atoms with Crippen molar-refractivity contribution in [3.63, 3.8) is 0 Å². The van der Waals surface area contributed by atoms with Crippen LogP contribution in [0.2, 0.25) is 0 Å². The second-order valence-electron chi connectivity index (χ2n) is 4.76. The molecular weight excluding hydrogens is 246 g/mol. The van der Waals surface area contributed by atoms with Gasteiger partial charge in [0.25, 0.3) is 0 Å². The van der Waals surface area contributed by atoms with Crippen LogP contribution in [-0.4, -0.2) is 36.3 Å². The standard InChI is InChI=1S/C14H19NO2S/c1-10-8-13(14(16)17-10)15(2)9-11-4-6-12(18-3)7-5-11/h4-7,10,13H,8-9H2,1-3H3. The van der Waals surface area contributed by atoms with Crippen molar-refractivity contribution in [2.24, 2.45) is 0 Å². The van der Waals surface area contributed by atoms with Gasteiger partial charge in [-0.25, -0.2) is 0 Å². The maximum absolute atomic E-state index is 11.6. The summed E-state index contributed by atoms with van der Waals surface area (Å²) < 4.78 is 5.19. The van der Waals surface area contributed by atoms with E-state index in [1.165, 1.54) is 10.5 Å². The molecule has 0 saturated carbocycles. The SMILES string of the molecule is CSc1ccc(CN(C)C2CC(C)OC2=O)cc1. The van der Waals surface area contributed by atoms with E-state index in [0.29, 0.717) is 0 Å². The van der Waals surface area contributed by atoms with Gasteiger partial charge in [0.15, 0.2) is 0 Å². The van der Waals surface area contributed by atoms with Gasteiger partial charge in [-0.05, 0) is 37.9 Å². The highest BCUT2D eigenvalue weighted by molar-refractivity contribution is 7.98.